The van der Waals surface area contributed by atoms with E-state index in [1.807, 2.05) is 31.2 Å². The van der Waals surface area contributed by atoms with Crippen molar-refractivity contribution < 1.29 is 9.53 Å². The van der Waals surface area contributed by atoms with Gasteiger partial charge in [0.05, 0.1) is 12.8 Å². The predicted octanol–water partition coefficient (Wildman–Crippen LogP) is 1.41. The zero-order valence-corrected chi connectivity index (χ0v) is 13.6. The first kappa shape index (κ1) is 15.9. The molecule has 0 unspecified atom stereocenters. The number of methoxy groups -OCH3 is 1. The Morgan fingerprint density at radius 3 is 2.62 bits per heavy atom. The van der Waals surface area contributed by atoms with Gasteiger partial charge in [-0.3, -0.25) is 9.36 Å². The molecule has 3 rings (SSSR count). The van der Waals surface area contributed by atoms with Gasteiger partial charge in [0, 0.05) is 0 Å². The molecule has 0 spiro atoms. The highest BCUT2D eigenvalue weighted by molar-refractivity contribution is 5.75. The first-order valence-corrected chi connectivity index (χ1v) is 7.54. The monoisotopic (exact) mass is 327 g/mol. The Morgan fingerprint density at radius 2 is 2.00 bits per heavy atom. The summed E-state index contributed by atoms with van der Waals surface area (Å²) in [5.74, 6) is -0.494. The highest BCUT2D eigenvalue weighted by atomic mass is 16.5. The van der Waals surface area contributed by atoms with Crippen LogP contribution in [0.5, 0.6) is 0 Å². The molecule has 0 fully saturated rings. The van der Waals surface area contributed by atoms with Gasteiger partial charge in [0.15, 0.2) is 11.2 Å². The normalized spacial score (nSPS) is 12.3. The Bertz CT molecular complexity index is 942. The van der Waals surface area contributed by atoms with Crippen LogP contribution < -0.4 is 5.56 Å². The summed E-state index contributed by atoms with van der Waals surface area (Å²) in [6.45, 7) is 3.78. The summed E-state index contributed by atoms with van der Waals surface area (Å²) in [4.78, 5) is 28.8. The Labute approximate surface area is 137 Å². The molecule has 0 aliphatic heterocycles. The number of ether oxygens (including phenoxy) is 1. The summed E-state index contributed by atoms with van der Waals surface area (Å²) in [6.07, 6.45) is 1.75. The number of esters is 1. The van der Waals surface area contributed by atoms with Crippen molar-refractivity contribution in [2.24, 2.45) is 0 Å². The molecule has 1 atom stereocenters. The Morgan fingerprint density at radius 1 is 1.29 bits per heavy atom. The molecule has 0 amide bonds. The van der Waals surface area contributed by atoms with Crippen LogP contribution in [0.15, 0.2) is 35.4 Å². The molecule has 8 heteroatoms. The van der Waals surface area contributed by atoms with Crippen LogP contribution in [0.25, 0.3) is 16.9 Å². The SMILES string of the molecule is CC[C@H](C(=O)OC)n1cnc2c(nnn2-c2ccc(C)cc2)c1=O. The van der Waals surface area contributed by atoms with Crippen molar-refractivity contribution in [2.75, 3.05) is 7.11 Å². The van der Waals surface area contributed by atoms with Gasteiger partial charge in [-0.1, -0.05) is 29.8 Å². The standard InChI is InChI=1S/C16H17N5O3/c1-4-12(16(23)24-3)20-9-17-14-13(15(20)22)18-19-21(14)11-7-5-10(2)6-8-11/h5-9,12H,4H2,1-3H3/t12-/m1/s1. The van der Waals surface area contributed by atoms with E-state index in [4.69, 9.17) is 4.74 Å². The van der Waals surface area contributed by atoms with Gasteiger partial charge in [-0.05, 0) is 25.5 Å². The van der Waals surface area contributed by atoms with Gasteiger partial charge in [0.2, 0.25) is 0 Å². The smallest absolute Gasteiger partial charge is 0.329 e. The number of fused-ring (bicyclic) bond motifs is 1. The lowest BCUT2D eigenvalue weighted by Gasteiger charge is -2.14. The van der Waals surface area contributed by atoms with Gasteiger partial charge in [-0.2, -0.15) is 4.68 Å². The minimum Gasteiger partial charge on any atom is -0.467 e. The molecule has 1 aromatic carbocycles. The third-order valence-corrected chi connectivity index (χ3v) is 3.86. The molecule has 0 N–H and O–H groups in total. The van der Waals surface area contributed by atoms with Crippen molar-refractivity contribution in [3.63, 3.8) is 0 Å². The fraction of sp³-hybridized carbons (Fsp3) is 0.312. The quantitative estimate of drug-likeness (QED) is 0.673. The van der Waals surface area contributed by atoms with Crippen LogP contribution in [-0.4, -0.2) is 37.6 Å². The fourth-order valence-electron chi connectivity index (χ4n) is 2.52. The lowest BCUT2D eigenvalue weighted by Crippen LogP contribution is -2.30. The van der Waals surface area contributed by atoms with E-state index in [0.29, 0.717) is 12.1 Å². The second kappa shape index (κ2) is 6.23. The van der Waals surface area contributed by atoms with Crippen LogP contribution in [0.1, 0.15) is 24.9 Å². The van der Waals surface area contributed by atoms with Crippen molar-refractivity contribution in [3.8, 4) is 5.69 Å². The van der Waals surface area contributed by atoms with E-state index < -0.39 is 17.6 Å². The molecule has 3 aromatic rings. The number of aromatic nitrogens is 5. The second-order valence-corrected chi connectivity index (χ2v) is 5.41. The molecular weight excluding hydrogens is 310 g/mol. The molecule has 24 heavy (non-hydrogen) atoms. The molecule has 124 valence electrons. The highest BCUT2D eigenvalue weighted by Gasteiger charge is 2.23. The largest absolute Gasteiger partial charge is 0.467 e. The molecule has 8 nitrogen and oxygen atoms in total. The Hall–Kier alpha value is -3.03. The first-order chi connectivity index (χ1) is 11.6. The Balaban J connectivity index is 2.13. The number of nitrogens with zero attached hydrogens (tertiary/aromatic N) is 5. The summed E-state index contributed by atoms with van der Waals surface area (Å²) >= 11 is 0. The number of benzene rings is 1. The minimum absolute atomic E-state index is 0.112. The van der Waals surface area contributed by atoms with Crippen LogP contribution >= 0.6 is 0 Å². The number of hydrogen-bond donors (Lipinski definition) is 0. The molecule has 0 saturated heterocycles. The molecule has 0 aliphatic carbocycles. The van der Waals surface area contributed by atoms with Crippen molar-refractivity contribution in [1.29, 1.82) is 0 Å². The molecule has 0 saturated carbocycles. The van der Waals surface area contributed by atoms with Crippen LogP contribution in [0.4, 0.5) is 0 Å². The van der Waals surface area contributed by atoms with Crippen molar-refractivity contribution in [2.45, 2.75) is 26.3 Å². The fourth-order valence-corrected chi connectivity index (χ4v) is 2.52. The topological polar surface area (TPSA) is 91.9 Å². The minimum atomic E-state index is -0.732. The van der Waals surface area contributed by atoms with Crippen LogP contribution in [0.2, 0.25) is 0 Å². The van der Waals surface area contributed by atoms with E-state index in [-0.39, 0.29) is 5.52 Å². The average Bonchev–Trinajstić information content (AvgIpc) is 3.02. The van der Waals surface area contributed by atoms with Crippen molar-refractivity contribution in [3.05, 3.63) is 46.5 Å². The van der Waals surface area contributed by atoms with Gasteiger partial charge in [0.1, 0.15) is 12.4 Å². The van der Waals surface area contributed by atoms with E-state index >= 15 is 0 Å². The highest BCUT2D eigenvalue weighted by Crippen LogP contribution is 2.15. The van der Waals surface area contributed by atoms with E-state index in [9.17, 15) is 9.59 Å². The van der Waals surface area contributed by atoms with Gasteiger partial charge in [0.25, 0.3) is 5.56 Å². The number of aryl methyl sites for hydroxylation is 1. The molecule has 0 bridgehead atoms. The molecular formula is C16H17N5O3. The first-order valence-electron chi connectivity index (χ1n) is 7.54. The molecule has 2 heterocycles. The number of carbonyl (C=O) groups excluding carboxylic acids is 1. The summed E-state index contributed by atoms with van der Waals surface area (Å²) < 4.78 is 7.48. The van der Waals surface area contributed by atoms with E-state index in [1.165, 1.54) is 22.7 Å². The average molecular weight is 327 g/mol. The van der Waals surface area contributed by atoms with Crippen molar-refractivity contribution >= 4 is 17.1 Å². The third kappa shape index (κ3) is 2.55. The summed E-state index contributed by atoms with van der Waals surface area (Å²) in [5, 5.41) is 7.97. The predicted molar refractivity (Wildman–Crippen MR) is 87.0 cm³/mol. The zero-order valence-electron chi connectivity index (χ0n) is 13.6. The lowest BCUT2D eigenvalue weighted by atomic mass is 10.2. The van der Waals surface area contributed by atoms with Gasteiger partial charge in [-0.15, -0.1) is 5.10 Å². The number of carbonyl (C=O) groups is 1. The number of hydrogen-bond acceptors (Lipinski definition) is 6. The summed E-state index contributed by atoms with van der Waals surface area (Å²) in [5.41, 5.74) is 1.91. The molecule has 2 aromatic heterocycles. The maximum absolute atomic E-state index is 12.6. The maximum atomic E-state index is 12.6. The van der Waals surface area contributed by atoms with Crippen LogP contribution in [0.3, 0.4) is 0 Å². The van der Waals surface area contributed by atoms with Gasteiger partial charge in [-0.25, -0.2) is 9.78 Å². The molecule has 0 radical (unpaired) electrons. The lowest BCUT2D eigenvalue weighted by molar-refractivity contribution is -0.144. The van der Waals surface area contributed by atoms with Crippen LogP contribution in [0, 0.1) is 6.92 Å². The van der Waals surface area contributed by atoms with Crippen molar-refractivity contribution in [1.82, 2.24) is 24.5 Å². The summed E-state index contributed by atoms with van der Waals surface area (Å²) in [7, 11) is 1.29. The zero-order chi connectivity index (χ0) is 17.3. The Kier molecular flexibility index (Phi) is 4.11. The second-order valence-electron chi connectivity index (χ2n) is 5.41. The number of rotatable bonds is 4. The van der Waals surface area contributed by atoms with Gasteiger partial charge < -0.3 is 4.74 Å². The van der Waals surface area contributed by atoms with E-state index in [1.54, 1.807) is 6.92 Å². The van der Waals surface area contributed by atoms with Crippen LogP contribution in [-0.2, 0) is 9.53 Å². The third-order valence-electron chi connectivity index (χ3n) is 3.86. The van der Waals surface area contributed by atoms with E-state index in [2.05, 4.69) is 15.3 Å². The molecule has 0 aliphatic rings. The van der Waals surface area contributed by atoms with Gasteiger partial charge >= 0.3 is 5.97 Å². The summed E-state index contributed by atoms with van der Waals surface area (Å²) in [6, 6.07) is 6.90. The maximum Gasteiger partial charge on any atom is 0.329 e. The van der Waals surface area contributed by atoms with E-state index in [0.717, 1.165) is 11.3 Å².